The van der Waals surface area contributed by atoms with Crippen molar-refractivity contribution in [3.8, 4) is 0 Å². The van der Waals surface area contributed by atoms with E-state index in [0.717, 1.165) is 64.2 Å². The number of esters is 1. The zero-order valence-corrected chi connectivity index (χ0v) is 42.3. The number of ether oxygens (including phenoxy) is 2. The van der Waals surface area contributed by atoms with Crippen molar-refractivity contribution >= 4 is 13.8 Å². The summed E-state index contributed by atoms with van der Waals surface area (Å²) in [5, 5.41) is 0. The molecule has 0 amide bonds. The molecule has 0 aliphatic carbocycles. The number of carbonyl (C=O) groups is 1. The molecule has 0 aromatic carbocycles. The highest BCUT2D eigenvalue weighted by atomic mass is 31.2. The van der Waals surface area contributed by atoms with Gasteiger partial charge in [0.25, 0.3) is 0 Å². The lowest BCUT2D eigenvalue weighted by atomic mass is 10.0. The molecule has 0 heterocycles. The van der Waals surface area contributed by atoms with E-state index >= 15 is 0 Å². The molecule has 0 aliphatic rings. The standard InChI is InChI=1S/C53H100NO7P/c1-6-8-10-12-14-16-18-20-22-23-24-25-26-27-28-29-30-31-32-33-35-37-39-41-43-45-48-58-50-52(51-60-62(56,57)59-49-47-54(3,4)5)61-53(55)46-44-42-40-38-36-34-21-19-17-15-13-11-9-7-2/h13,15,18-21,23-24,52H,6-12,14,16-17,22,25-51H2,1-5H3/p+1/b15-13-,20-18-,21-19-,24-23-. The predicted molar refractivity (Wildman–Crippen MR) is 266 cm³/mol. The van der Waals surface area contributed by atoms with Gasteiger partial charge < -0.3 is 18.9 Å². The van der Waals surface area contributed by atoms with Gasteiger partial charge in [-0.3, -0.25) is 13.8 Å². The van der Waals surface area contributed by atoms with Crippen molar-refractivity contribution in [2.24, 2.45) is 0 Å². The highest BCUT2D eigenvalue weighted by Gasteiger charge is 2.26. The molecule has 0 aromatic rings. The van der Waals surface area contributed by atoms with E-state index in [9.17, 15) is 14.3 Å². The monoisotopic (exact) mass is 895 g/mol. The van der Waals surface area contributed by atoms with Gasteiger partial charge in [-0.2, -0.15) is 0 Å². The van der Waals surface area contributed by atoms with Gasteiger partial charge in [0.15, 0.2) is 0 Å². The number of phosphoric ester groups is 1. The largest absolute Gasteiger partial charge is 0.472 e. The van der Waals surface area contributed by atoms with E-state index in [1.807, 2.05) is 21.1 Å². The molecule has 1 N–H and O–H groups in total. The van der Waals surface area contributed by atoms with Crippen molar-refractivity contribution in [2.75, 3.05) is 54.1 Å². The molecule has 2 atom stereocenters. The number of unbranched alkanes of at least 4 members (excludes halogenated alkanes) is 26. The van der Waals surface area contributed by atoms with E-state index in [1.54, 1.807) is 0 Å². The summed E-state index contributed by atoms with van der Waals surface area (Å²) < 4.78 is 35.1. The quantitative estimate of drug-likeness (QED) is 0.0214. The maximum absolute atomic E-state index is 12.7. The first-order valence-electron chi connectivity index (χ1n) is 25.9. The third-order valence-corrected chi connectivity index (χ3v) is 12.1. The third-order valence-electron chi connectivity index (χ3n) is 11.1. The summed E-state index contributed by atoms with van der Waals surface area (Å²) in [6, 6.07) is 0. The van der Waals surface area contributed by atoms with Gasteiger partial charge in [-0.05, 0) is 70.6 Å². The van der Waals surface area contributed by atoms with Crippen molar-refractivity contribution in [1.82, 2.24) is 0 Å². The number of allylic oxidation sites excluding steroid dienone is 8. The van der Waals surface area contributed by atoms with Crippen molar-refractivity contribution in [3.63, 3.8) is 0 Å². The molecule has 0 radical (unpaired) electrons. The summed E-state index contributed by atoms with van der Waals surface area (Å²) >= 11 is 0. The minimum Gasteiger partial charge on any atom is -0.457 e. The van der Waals surface area contributed by atoms with Crippen LogP contribution in [-0.2, 0) is 27.9 Å². The van der Waals surface area contributed by atoms with Crippen LogP contribution in [0.25, 0.3) is 0 Å². The maximum atomic E-state index is 12.7. The molecule has 0 spiro atoms. The van der Waals surface area contributed by atoms with Crippen molar-refractivity contribution in [3.05, 3.63) is 48.6 Å². The second-order valence-corrected chi connectivity index (χ2v) is 20.0. The summed E-state index contributed by atoms with van der Waals surface area (Å²) in [6.45, 7) is 5.57. The molecular weight excluding hydrogens is 794 g/mol. The maximum Gasteiger partial charge on any atom is 0.472 e. The number of rotatable bonds is 48. The van der Waals surface area contributed by atoms with Crippen LogP contribution in [0.5, 0.6) is 0 Å². The molecule has 8 nitrogen and oxygen atoms in total. The van der Waals surface area contributed by atoms with Crippen LogP contribution < -0.4 is 0 Å². The Hall–Kier alpha value is -1.54. The third kappa shape index (κ3) is 49.5. The number of hydrogen-bond donors (Lipinski definition) is 1. The molecule has 0 aliphatic heterocycles. The summed E-state index contributed by atoms with van der Waals surface area (Å²) in [4.78, 5) is 22.9. The number of phosphoric acid groups is 1. The van der Waals surface area contributed by atoms with Crippen LogP contribution in [0.4, 0.5) is 0 Å². The first-order chi connectivity index (χ1) is 30.1. The molecule has 0 rings (SSSR count). The number of nitrogens with zero attached hydrogens (tertiary/aromatic N) is 1. The number of quaternary nitrogens is 1. The van der Waals surface area contributed by atoms with Gasteiger partial charge in [-0.1, -0.05) is 197 Å². The van der Waals surface area contributed by atoms with E-state index < -0.39 is 13.9 Å². The predicted octanol–water partition coefficient (Wildman–Crippen LogP) is 15.9. The van der Waals surface area contributed by atoms with Crippen molar-refractivity contribution in [1.29, 1.82) is 0 Å². The number of carbonyl (C=O) groups excluding carboxylic acids is 1. The fourth-order valence-corrected chi connectivity index (χ4v) is 7.81. The molecule has 9 heteroatoms. The topological polar surface area (TPSA) is 91.3 Å². The lowest BCUT2D eigenvalue weighted by Crippen LogP contribution is -2.37. The van der Waals surface area contributed by atoms with Crippen LogP contribution in [0.3, 0.4) is 0 Å². The van der Waals surface area contributed by atoms with E-state index in [4.69, 9.17) is 18.5 Å². The van der Waals surface area contributed by atoms with Crippen LogP contribution in [0.1, 0.15) is 226 Å². The Labute approximate surface area is 384 Å². The molecule has 0 bridgehead atoms. The highest BCUT2D eigenvalue weighted by molar-refractivity contribution is 7.47. The minimum absolute atomic E-state index is 0.0851. The smallest absolute Gasteiger partial charge is 0.457 e. The highest BCUT2D eigenvalue weighted by Crippen LogP contribution is 2.43. The molecular formula is C53H101NO7P+. The zero-order chi connectivity index (χ0) is 45.5. The number of hydrogen-bond acceptors (Lipinski definition) is 6. The fraction of sp³-hybridized carbons (Fsp3) is 0.830. The van der Waals surface area contributed by atoms with Crippen LogP contribution in [0, 0.1) is 0 Å². The van der Waals surface area contributed by atoms with Gasteiger partial charge >= 0.3 is 13.8 Å². The molecule has 0 fully saturated rings. The normalized spacial score (nSPS) is 14.0. The van der Waals surface area contributed by atoms with E-state index in [1.165, 1.54) is 141 Å². The Bertz CT molecular complexity index is 1130. The Kier molecular flexibility index (Phi) is 44.9. The van der Waals surface area contributed by atoms with Crippen LogP contribution >= 0.6 is 7.82 Å². The second-order valence-electron chi connectivity index (χ2n) is 18.5. The SMILES string of the molecule is CCCC/C=C\C/C=C\CCCCCCCC(=O)OC(COCCCCCCCCCCCCCCCC/C=C\C/C=C\CCCCCCC)COP(=O)(O)OCC[N+](C)(C)C. The van der Waals surface area contributed by atoms with Gasteiger partial charge in [0, 0.05) is 13.0 Å². The first-order valence-corrected chi connectivity index (χ1v) is 27.4. The lowest BCUT2D eigenvalue weighted by molar-refractivity contribution is -0.870. The molecule has 0 aromatic heterocycles. The number of likely N-dealkylation sites (N-methyl/N-ethyl adjacent to an activating group) is 1. The van der Waals surface area contributed by atoms with Crippen molar-refractivity contribution in [2.45, 2.75) is 232 Å². The average Bonchev–Trinajstić information content (AvgIpc) is 3.23. The summed E-state index contributed by atoms with van der Waals surface area (Å²) in [7, 11) is 1.66. The molecule has 62 heavy (non-hydrogen) atoms. The van der Waals surface area contributed by atoms with Crippen LogP contribution in [-0.4, -0.2) is 75.6 Å². The Morgan fingerprint density at radius 1 is 0.500 bits per heavy atom. The van der Waals surface area contributed by atoms with Gasteiger partial charge in [-0.25, -0.2) is 4.57 Å². The summed E-state index contributed by atoms with van der Waals surface area (Å²) in [5.74, 6) is -0.327. The minimum atomic E-state index is -4.28. The molecule has 2 unspecified atom stereocenters. The molecule has 364 valence electrons. The van der Waals surface area contributed by atoms with Gasteiger partial charge in [0.2, 0.25) is 0 Å². The van der Waals surface area contributed by atoms with Gasteiger partial charge in [-0.15, -0.1) is 0 Å². The Balaban J connectivity index is 4.06. The summed E-state index contributed by atoms with van der Waals surface area (Å²) in [6.07, 6.45) is 57.3. The van der Waals surface area contributed by atoms with Crippen LogP contribution in [0.15, 0.2) is 48.6 Å². The summed E-state index contributed by atoms with van der Waals surface area (Å²) in [5.41, 5.74) is 0. The lowest BCUT2D eigenvalue weighted by Gasteiger charge is -2.24. The zero-order valence-electron chi connectivity index (χ0n) is 41.4. The van der Waals surface area contributed by atoms with Crippen LogP contribution in [0.2, 0.25) is 0 Å². The fourth-order valence-electron chi connectivity index (χ4n) is 7.07. The van der Waals surface area contributed by atoms with Gasteiger partial charge in [0.1, 0.15) is 19.3 Å². The van der Waals surface area contributed by atoms with E-state index in [-0.39, 0.29) is 25.8 Å². The van der Waals surface area contributed by atoms with Crippen molar-refractivity contribution < 1.29 is 37.3 Å². The first kappa shape index (κ1) is 60.5. The van der Waals surface area contributed by atoms with E-state index in [2.05, 4.69) is 62.5 Å². The molecule has 0 saturated heterocycles. The van der Waals surface area contributed by atoms with E-state index in [0.29, 0.717) is 24.1 Å². The van der Waals surface area contributed by atoms with Gasteiger partial charge in [0.05, 0.1) is 34.4 Å². The second kappa shape index (κ2) is 46.0. The molecule has 0 saturated carbocycles. The Morgan fingerprint density at radius 2 is 0.903 bits per heavy atom. The average molecular weight is 895 g/mol. The Morgan fingerprint density at radius 3 is 1.35 bits per heavy atom.